The second kappa shape index (κ2) is 9.79. The minimum absolute atomic E-state index is 0.0964. The number of Topliss-reactive ketones (excluding diaryl/α,β-unsaturated/α-hetero) is 1. The summed E-state index contributed by atoms with van der Waals surface area (Å²) >= 11 is 19.2. The molecule has 1 unspecified atom stereocenters. The lowest BCUT2D eigenvalue weighted by atomic mass is 9.74. The summed E-state index contributed by atoms with van der Waals surface area (Å²) in [6.45, 7) is 6.06. The van der Waals surface area contributed by atoms with E-state index >= 15 is 0 Å². The van der Waals surface area contributed by atoms with Crippen LogP contribution < -0.4 is 0 Å². The number of carboxylic acid groups (broad SMARTS) is 1. The molecule has 0 aromatic carbocycles. The van der Waals surface area contributed by atoms with Gasteiger partial charge in [0.05, 0.1) is 45.4 Å². The first-order chi connectivity index (χ1) is 17.8. The van der Waals surface area contributed by atoms with E-state index in [0.29, 0.717) is 37.5 Å². The standard InChI is InChI=1S/C27H31Cl3N4O4/c1-26(2)17-8-15(9-18(17)26)33(13-21(35)22-19(28)11-31-12-20(22)29)24(36)16-10-32-34(23(16)30)14-4-6-27(3,7-5-14)25(37)38/h10-12,14-15,17-18H,4-9,13H2,1-3H3,(H,37,38)/t14?,15?,17-,18+,27?. The third-order valence-electron chi connectivity index (χ3n) is 9.37. The minimum atomic E-state index is -0.800. The average molecular weight is 582 g/mol. The van der Waals surface area contributed by atoms with Gasteiger partial charge in [0.1, 0.15) is 5.15 Å². The van der Waals surface area contributed by atoms with Crippen molar-refractivity contribution in [1.82, 2.24) is 19.7 Å². The van der Waals surface area contributed by atoms with E-state index in [2.05, 4.69) is 23.9 Å². The number of halogens is 3. The van der Waals surface area contributed by atoms with Crippen molar-refractivity contribution < 1.29 is 19.5 Å². The molecule has 5 rings (SSSR count). The molecule has 0 bridgehead atoms. The number of carboxylic acids is 1. The van der Waals surface area contributed by atoms with Gasteiger partial charge in [-0.1, -0.05) is 48.7 Å². The first-order valence-electron chi connectivity index (χ1n) is 12.9. The van der Waals surface area contributed by atoms with Crippen molar-refractivity contribution in [3.8, 4) is 0 Å². The SMILES string of the molecule is CC1(C(=O)O)CCC(n2ncc(C(=O)N(CC(=O)c3c(Cl)cncc3Cl)C3C[C@@H]4[C@H](C3)C4(C)C)c2Cl)CC1. The highest BCUT2D eigenvalue weighted by atomic mass is 35.5. The number of amides is 1. The molecule has 38 heavy (non-hydrogen) atoms. The Labute approximate surface area is 236 Å². The van der Waals surface area contributed by atoms with Gasteiger partial charge >= 0.3 is 5.97 Å². The second-order valence-electron chi connectivity index (χ2n) is 11.9. The number of aliphatic carboxylic acids is 1. The fourth-order valence-electron chi connectivity index (χ4n) is 6.61. The van der Waals surface area contributed by atoms with Crippen LogP contribution in [0.3, 0.4) is 0 Å². The van der Waals surface area contributed by atoms with Crippen LogP contribution in [0, 0.1) is 22.7 Å². The number of carbonyl (C=O) groups excluding carboxylic acids is 2. The van der Waals surface area contributed by atoms with E-state index in [9.17, 15) is 19.5 Å². The normalized spacial score (nSPS) is 29.5. The van der Waals surface area contributed by atoms with Crippen LogP contribution in [0.25, 0.3) is 0 Å². The summed E-state index contributed by atoms with van der Waals surface area (Å²) in [7, 11) is 0. The van der Waals surface area contributed by atoms with Crippen LogP contribution in [0.5, 0.6) is 0 Å². The van der Waals surface area contributed by atoms with E-state index < -0.39 is 11.4 Å². The Morgan fingerprint density at radius 3 is 2.16 bits per heavy atom. The largest absolute Gasteiger partial charge is 0.481 e. The van der Waals surface area contributed by atoms with Crippen LogP contribution in [0.1, 0.15) is 86.1 Å². The number of aromatic nitrogens is 3. The molecule has 3 aliphatic carbocycles. The summed E-state index contributed by atoms with van der Waals surface area (Å²) in [4.78, 5) is 44.5. The zero-order valence-electron chi connectivity index (χ0n) is 21.6. The Kier molecular flexibility index (Phi) is 7.06. The predicted octanol–water partition coefficient (Wildman–Crippen LogP) is 6.20. The van der Waals surface area contributed by atoms with E-state index in [1.165, 1.54) is 18.6 Å². The maximum atomic E-state index is 13.9. The van der Waals surface area contributed by atoms with E-state index in [0.717, 1.165) is 12.8 Å². The summed E-state index contributed by atoms with van der Waals surface area (Å²) in [5.74, 6) is -0.499. The summed E-state index contributed by atoms with van der Waals surface area (Å²) in [5.41, 5.74) is -0.132. The number of fused-ring (bicyclic) bond motifs is 1. The predicted molar refractivity (Wildman–Crippen MR) is 144 cm³/mol. The minimum Gasteiger partial charge on any atom is -0.481 e. The summed E-state index contributed by atoms with van der Waals surface area (Å²) < 4.78 is 1.63. The van der Waals surface area contributed by atoms with Crippen LogP contribution in [0.15, 0.2) is 18.6 Å². The van der Waals surface area contributed by atoms with Gasteiger partial charge in [0.15, 0.2) is 5.78 Å². The molecule has 11 heteroatoms. The second-order valence-corrected chi connectivity index (χ2v) is 13.1. The first kappa shape index (κ1) is 27.4. The molecule has 2 aromatic heterocycles. The van der Waals surface area contributed by atoms with E-state index in [1.807, 2.05) is 0 Å². The van der Waals surface area contributed by atoms with Gasteiger partial charge in [-0.15, -0.1) is 0 Å². The van der Waals surface area contributed by atoms with E-state index in [4.69, 9.17) is 34.8 Å². The molecule has 3 fully saturated rings. The molecule has 0 aliphatic heterocycles. The van der Waals surface area contributed by atoms with Gasteiger partial charge < -0.3 is 10.0 Å². The van der Waals surface area contributed by atoms with Crippen LogP contribution in [-0.4, -0.2) is 55.0 Å². The number of pyridine rings is 1. The monoisotopic (exact) mass is 580 g/mol. The highest BCUT2D eigenvalue weighted by Crippen LogP contribution is 2.67. The molecule has 0 saturated heterocycles. The van der Waals surface area contributed by atoms with Crippen LogP contribution in [-0.2, 0) is 4.79 Å². The van der Waals surface area contributed by atoms with Crippen molar-refractivity contribution in [2.45, 2.75) is 71.4 Å². The number of hydrogen-bond acceptors (Lipinski definition) is 5. The molecule has 8 nitrogen and oxygen atoms in total. The van der Waals surface area contributed by atoms with Gasteiger partial charge in [0.2, 0.25) is 0 Å². The fourth-order valence-corrected chi connectivity index (χ4v) is 7.49. The maximum Gasteiger partial charge on any atom is 0.309 e. The Morgan fingerprint density at radius 1 is 1.03 bits per heavy atom. The number of carbonyl (C=O) groups is 3. The van der Waals surface area contributed by atoms with E-state index in [1.54, 1.807) is 16.5 Å². The molecule has 2 heterocycles. The van der Waals surface area contributed by atoms with Crippen molar-refractivity contribution in [2.24, 2.45) is 22.7 Å². The Balaban J connectivity index is 1.39. The maximum absolute atomic E-state index is 13.9. The molecular weight excluding hydrogens is 551 g/mol. The molecule has 3 atom stereocenters. The number of hydrogen-bond donors (Lipinski definition) is 1. The zero-order valence-corrected chi connectivity index (χ0v) is 23.9. The molecule has 0 spiro atoms. The van der Waals surface area contributed by atoms with Crippen LogP contribution in [0.2, 0.25) is 15.2 Å². The Hall–Kier alpha value is -2.16. The van der Waals surface area contributed by atoms with Gasteiger partial charge in [-0.05, 0) is 62.7 Å². The summed E-state index contributed by atoms with van der Waals surface area (Å²) in [6, 6.07) is -0.208. The van der Waals surface area contributed by atoms with Crippen molar-refractivity contribution in [3.05, 3.63) is 44.9 Å². The van der Waals surface area contributed by atoms with Crippen molar-refractivity contribution in [3.63, 3.8) is 0 Å². The van der Waals surface area contributed by atoms with Gasteiger partial charge in [-0.2, -0.15) is 5.10 Å². The highest BCUT2D eigenvalue weighted by Gasteiger charge is 2.63. The summed E-state index contributed by atoms with van der Waals surface area (Å²) in [5, 5.41) is 14.5. The molecule has 204 valence electrons. The van der Waals surface area contributed by atoms with Crippen molar-refractivity contribution >= 4 is 52.5 Å². The van der Waals surface area contributed by atoms with Crippen LogP contribution in [0.4, 0.5) is 0 Å². The molecule has 3 aliphatic rings. The number of ketones is 1. The molecular formula is C27H31Cl3N4O4. The Morgan fingerprint density at radius 2 is 1.61 bits per heavy atom. The van der Waals surface area contributed by atoms with E-state index in [-0.39, 0.29) is 62.1 Å². The third-order valence-corrected chi connectivity index (χ3v) is 10.3. The third kappa shape index (κ3) is 4.62. The molecule has 0 radical (unpaired) electrons. The lowest BCUT2D eigenvalue weighted by Crippen LogP contribution is -2.43. The molecule has 1 N–H and O–H groups in total. The molecule has 3 saturated carbocycles. The highest BCUT2D eigenvalue weighted by molar-refractivity contribution is 6.39. The lowest BCUT2D eigenvalue weighted by molar-refractivity contribution is -0.150. The fraction of sp³-hybridized carbons (Fsp3) is 0.593. The molecule has 1 amide bonds. The van der Waals surface area contributed by atoms with Gasteiger partial charge in [0.25, 0.3) is 5.91 Å². The quantitative estimate of drug-likeness (QED) is 0.390. The lowest BCUT2D eigenvalue weighted by Gasteiger charge is -2.34. The van der Waals surface area contributed by atoms with Gasteiger partial charge in [-0.25, -0.2) is 0 Å². The molecule has 2 aromatic rings. The van der Waals surface area contributed by atoms with Crippen LogP contribution >= 0.6 is 34.8 Å². The average Bonchev–Trinajstić information content (AvgIpc) is 3.24. The van der Waals surface area contributed by atoms with Crippen molar-refractivity contribution in [1.29, 1.82) is 0 Å². The smallest absolute Gasteiger partial charge is 0.309 e. The number of nitrogens with zero attached hydrogens (tertiary/aromatic N) is 4. The van der Waals surface area contributed by atoms with Gasteiger partial charge in [0, 0.05) is 18.4 Å². The number of rotatable bonds is 7. The summed E-state index contributed by atoms with van der Waals surface area (Å²) in [6.07, 6.45) is 8.01. The van der Waals surface area contributed by atoms with Gasteiger partial charge in [-0.3, -0.25) is 24.0 Å². The van der Waals surface area contributed by atoms with Crippen molar-refractivity contribution in [2.75, 3.05) is 6.54 Å². The topological polar surface area (TPSA) is 105 Å². The Bertz CT molecular complexity index is 1270. The first-order valence-corrected chi connectivity index (χ1v) is 14.1. The zero-order chi connectivity index (χ0) is 27.6.